The van der Waals surface area contributed by atoms with Gasteiger partial charge in [0.1, 0.15) is 11.6 Å². The topological polar surface area (TPSA) is 46.5 Å². The fourth-order valence-corrected chi connectivity index (χ4v) is 3.26. The fourth-order valence-electron chi connectivity index (χ4n) is 2.62. The van der Waals surface area contributed by atoms with Gasteiger partial charge in [-0.25, -0.2) is 9.18 Å². The maximum atomic E-state index is 14.8. The number of halogens is 3. The zero-order valence-corrected chi connectivity index (χ0v) is 16.2. The summed E-state index contributed by atoms with van der Waals surface area (Å²) in [6.07, 6.45) is 2.98. The summed E-state index contributed by atoms with van der Waals surface area (Å²) in [7, 11) is 1.29. The predicted molar refractivity (Wildman–Crippen MR) is 102 cm³/mol. The Morgan fingerprint density at radius 2 is 1.88 bits per heavy atom. The minimum absolute atomic E-state index is 0.0678. The predicted octanol–water partition coefficient (Wildman–Crippen LogP) is 5.74. The van der Waals surface area contributed by atoms with Crippen molar-refractivity contribution in [2.75, 3.05) is 7.11 Å². The number of hydrogen-bond donors (Lipinski definition) is 1. The first kappa shape index (κ1) is 20.3. The van der Waals surface area contributed by atoms with Crippen molar-refractivity contribution in [1.82, 2.24) is 0 Å². The lowest BCUT2D eigenvalue weighted by Crippen LogP contribution is -2.01. The van der Waals surface area contributed by atoms with E-state index < -0.39 is 11.8 Å². The standard InChI is InChI=1S/C20H19Cl2FO3/c1-11(2)19-17(24)6-5-13(20(19)23)10-14-15(21)8-12(9-16(14)22)4-7-18(25)26-3/h4-9,11,24H,10H2,1-3H3/b7-4+. The number of phenols is 1. The second-order valence-electron chi connectivity index (χ2n) is 6.12. The highest BCUT2D eigenvalue weighted by Crippen LogP contribution is 2.34. The van der Waals surface area contributed by atoms with Crippen LogP contribution in [0.15, 0.2) is 30.3 Å². The Bertz CT molecular complexity index is 837. The van der Waals surface area contributed by atoms with Gasteiger partial charge >= 0.3 is 5.97 Å². The van der Waals surface area contributed by atoms with Gasteiger partial charge in [0, 0.05) is 28.1 Å². The Kier molecular flexibility index (Phi) is 6.68. The lowest BCUT2D eigenvalue weighted by atomic mass is 9.95. The molecule has 0 heterocycles. The second kappa shape index (κ2) is 8.56. The summed E-state index contributed by atoms with van der Waals surface area (Å²) in [4.78, 5) is 11.2. The number of phenolic OH excluding ortho intramolecular Hbond substituents is 1. The summed E-state index contributed by atoms with van der Waals surface area (Å²) in [5, 5.41) is 10.6. The van der Waals surface area contributed by atoms with Crippen molar-refractivity contribution in [3.8, 4) is 5.75 Å². The summed E-state index contributed by atoms with van der Waals surface area (Å²) in [5.74, 6) is -1.18. The monoisotopic (exact) mass is 396 g/mol. The number of hydrogen-bond acceptors (Lipinski definition) is 3. The van der Waals surface area contributed by atoms with Crippen LogP contribution in [0.2, 0.25) is 10.0 Å². The maximum absolute atomic E-state index is 14.8. The first-order valence-corrected chi connectivity index (χ1v) is 8.74. The molecule has 0 amide bonds. The van der Waals surface area contributed by atoms with Crippen LogP contribution in [0.3, 0.4) is 0 Å². The molecule has 2 rings (SSSR count). The van der Waals surface area contributed by atoms with Crippen molar-refractivity contribution < 1.29 is 19.0 Å². The number of aromatic hydroxyl groups is 1. The van der Waals surface area contributed by atoms with Gasteiger partial charge in [0.2, 0.25) is 0 Å². The number of carbonyl (C=O) groups is 1. The number of ether oxygens (including phenoxy) is 1. The van der Waals surface area contributed by atoms with E-state index >= 15 is 0 Å². The van der Waals surface area contributed by atoms with E-state index in [1.807, 2.05) is 13.8 Å². The van der Waals surface area contributed by atoms with E-state index in [1.54, 1.807) is 12.1 Å². The van der Waals surface area contributed by atoms with E-state index in [0.29, 0.717) is 26.7 Å². The molecular weight excluding hydrogens is 378 g/mol. The zero-order valence-electron chi connectivity index (χ0n) is 14.6. The van der Waals surface area contributed by atoms with Gasteiger partial charge in [-0.1, -0.05) is 43.1 Å². The molecule has 0 aliphatic carbocycles. The molecule has 0 aliphatic rings. The SMILES string of the molecule is COC(=O)/C=C/c1cc(Cl)c(Cc2ccc(O)c(C(C)C)c2F)c(Cl)c1. The van der Waals surface area contributed by atoms with Crippen molar-refractivity contribution >= 4 is 35.2 Å². The molecule has 0 atom stereocenters. The van der Waals surface area contributed by atoms with Gasteiger partial charge in [-0.3, -0.25) is 0 Å². The van der Waals surface area contributed by atoms with E-state index in [0.717, 1.165) is 0 Å². The number of esters is 1. The van der Waals surface area contributed by atoms with Crippen molar-refractivity contribution in [1.29, 1.82) is 0 Å². The highest BCUT2D eigenvalue weighted by molar-refractivity contribution is 6.36. The molecule has 6 heteroatoms. The normalized spacial score (nSPS) is 11.3. The van der Waals surface area contributed by atoms with Crippen LogP contribution in [0, 0.1) is 5.82 Å². The zero-order chi connectivity index (χ0) is 19.4. The van der Waals surface area contributed by atoms with Crippen molar-refractivity contribution in [3.05, 3.63) is 68.5 Å². The third-order valence-corrected chi connectivity index (χ3v) is 4.63. The van der Waals surface area contributed by atoms with Crippen molar-refractivity contribution in [2.45, 2.75) is 26.2 Å². The minimum atomic E-state index is -0.492. The minimum Gasteiger partial charge on any atom is -0.508 e. The molecule has 0 unspecified atom stereocenters. The van der Waals surface area contributed by atoms with Gasteiger partial charge in [0.25, 0.3) is 0 Å². The molecule has 2 aromatic carbocycles. The quantitative estimate of drug-likeness (QED) is 0.517. The fraction of sp³-hybridized carbons (Fsp3) is 0.250. The highest BCUT2D eigenvalue weighted by Gasteiger charge is 2.18. The van der Waals surface area contributed by atoms with Gasteiger partial charge in [-0.05, 0) is 46.9 Å². The molecule has 0 saturated heterocycles. The van der Waals surface area contributed by atoms with Crippen LogP contribution in [-0.4, -0.2) is 18.2 Å². The molecule has 26 heavy (non-hydrogen) atoms. The number of carbonyl (C=O) groups excluding carboxylic acids is 1. The number of benzene rings is 2. The van der Waals surface area contributed by atoms with Gasteiger partial charge in [0.15, 0.2) is 0 Å². The van der Waals surface area contributed by atoms with Crippen molar-refractivity contribution in [3.63, 3.8) is 0 Å². The molecule has 0 fully saturated rings. The summed E-state index contributed by atoms with van der Waals surface area (Å²) in [5.41, 5.74) is 1.87. The highest BCUT2D eigenvalue weighted by atomic mass is 35.5. The lowest BCUT2D eigenvalue weighted by molar-refractivity contribution is -0.134. The summed E-state index contributed by atoms with van der Waals surface area (Å²) < 4.78 is 19.3. The third-order valence-electron chi connectivity index (χ3n) is 3.96. The lowest BCUT2D eigenvalue weighted by Gasteiger charge is -2.15. The van der Waals surface area contributed by atoms with E-state index in [-0.39, 0.29) is 23.7 Å². The first-order chi connectivity index (χ1) is 12.2. The molecule has 3 nitrogen and oxygen atoms in total. The van der Waals surface area contributed by atoms with E-state index in [1.165, 1.54) is 31.4 Å². The van der Waals surface area contributed by atoms with Gasteiger partial charge in [-0.15, -0.1) is 0 Å². The summed E-state index contributed by atoms with van der Waals surface area (Å²) in [6, 6.07) is 6.28. The molecule has 0 saturated carbocycles. The van der Waals surface area contributed by atoms with Crippen molar-refractivity contribution in [2.24, 2.45) is 0 Å². The molecule has 1 N–H and O–H groups in total. The Labute approximate surface area is 162 Å². The van der Waals surface area contributed by atoms with Crippen LogP contribution in [-0.2, 0) is 16.0 Å². The van der Waals surface area contributed by atoms with Crippen LogP contribution < -0.4 is 0 Å². The Balaban J connectivity index is 2.38. The number of rotatable bonds is 5. The molecule has 2 aromatic rings. The largest absolute Gasteiger partial charge is 0.508 e. The Morgan fingerprint density at radius 3 is 2.42 bits per heavy atom. The third kappa shape index (κ3) is 4.57. The average Bonchev–Trinajstić information content (AvgIpc) is 2.57. The maximum Gasteiger partial charge on any atom is 0.330 e. The second-order valence-corrected chi connectivity index (χ2v) is 6.94. The van der Waals surface area contributed by atoms with Crippen LogP contribution in [0.4, 0.5) is 4.39 Å². The van der Waals surface area contributed by atoms with Crippen LogP contribution >= 0.6 is 23.2 Å². The number of methoxy groups -OCH3 is 1. The van der Waals surface area contributed by atoms with Crippen LogP contribution in [0.5, 0.6) is 5.75 Å². The summed E-state index contributed by atoms with van der Waals surface area (Å²) >= 11 is 12.6. The molecular formula is C20H19Cl2FO3. The van der Waals surface area contributed by atoms with Gasteiger partial charge < -0.3 is 9.84 Å². The smallest absolute Gasteiger partial charge is 0.330 e. The first-order valence-electron chi connectivity index (χ1n) is 7.98. The molecule has 138 valence electrons. The Hall–Kier alpha value is -2.04. The van der Waals surface area contributed by atoms with E-state index in [9.17, 15) is 14.3 Å². The van der Waals surface area contributed by atoms with Crippen LogP contribution in [0.1, 0.15) is 42.0 Å². The molecule has 0 radical (unpaired) electrons. The molecule has 0 spiro atoms. The van der Waals surface area contributed by atoms with E-state index in [4.69, 9.17) is 23.2 Å². The summed E-state index contributed by atoms with van der Waals surface area (Å²) in [6.45, 7) is 3.62. The average molecular weight is 397 g/mol. The van der Waals surface area contributed by atoms with E-state index in [2.05, 4.69) is 4.74 Å². The van der Waals surface area contributed by atoms with Crippen LogP contribution in [0.25, 0.3) is 6.08 Å². The molecule has 0 aliphatic heterocycles. The van der Waals surface area contributed by atoms with Gasteiger partial charge in [-0.2, -0.15) is 0 Å². The Morgan fingerprint density at radius 1 is 1.27 bits per heavy atom. The molecule has 0 aromatic heterocycles. The molecule has 0 bridgehead atoms. The van der Waals surface area contributed by atoms with Gasteiger partial charge in [0.05, 0.1) is 7.11 Å².